The number of carbonyl (C=O) groups excluding carboxylic acids is 1. The summed E-state index contributed by atoms with van der Waals surface area (Å²) < 4.78 is 7.76. The summed E-state index contributed by atoms with van der Waals surface area (Å²) in [6, 6.07) is 13.8. The highest BCUT2D eigenvalue weighted by Crippen LogP contribution is 2.23. The Labute approximate surface area is 170 Å². The SMILES string of the molecule is O=C(CCc1cnn(-c2ccccc2)c1)NCc1ccnc(OC2CCCC2)c1. The first kappa shape index (κ1) is 19.2. The van der Waals surface area contributed by atoms with Crippen molar-refractivity contribution in [3.8, 4) is 11.6 Å². The van der Waals surface area contributed by atoms with E-state index in [9.17, 15) is 4.79 Å². The summed E-state index contributed by atoms with van der Waals surface area (Å²) in [6.45, 7) is 0.478. The molecule has 0 spiro atoms. The van der Waals surface area contributed by atoms with Crippen LogP contribution in [0.2, 0.25) is 0 Å². The molecule has 0 aliphatic heterocycles. The molecule has 1 saturated carbocycles. The van der Waals surface area contributed by atoms with Gasteiger partial charge in [-0.15, -0.1) is 0 Å². The number of carbonyl (C=O) groups is 1. The summed E-state index contributed by atoms with van der Waals surface area (Å²) in [5.74, 6) is 0.671. The molecule has 2 aromatic heterocycles. The van der Waals surface area contributed by atoms with E-state index in [-0.39, 0.29) is 12.0 Å². The van der Waals surface area contributed by atoms with Crippen molar-refractivity contribution < 1.29 is 9.53 Å². The molecule has 3 aromatic rings. The number of para-hydroxylation sites is 1. The van der Waals surface area contributed by atoms with Gasteiger partial charge in [-0.1, -0.05) is 18.2 Å². The molecule has 1 aromatic carbocycles. The van der Waals surface area contributed by atoms with E-state index in [1.165, 1.54) is 12.8 Å². The largest absolute Gasteiger partial charge is 0.474 e. The van der Waals surface area contributed by atoms with E-state index in [0.717, 1.165) is 29.7 Å². The van der Waals surface area contributed by atoms with Gasteiger partial charge in [0.1, 0.15) is 6.10 Å². The normalized spacial score (nSPS) is 14.1. The van der Waals surface area contributed by atoms with Gasteiger partial charge < -0.3 is 10.1 Å². The van der Waals surface area contributed by atoms with Gasteiger partial charge in [0.05, 0.1) is 11.9 Å². The topological polar surface area (TPSA) is 69.0 Å². The van der Waals surface area contributed by atoms with Gasteiger partial charge in [-0.05, 0) is 61.4 Å². The summed E-state index contributed by atoms with van der Waals surface area (Å²) in [5.41, 5.74) is 3.05. The Morgan fingerprint density at radius 2 is 1.97 bits per heavy atom. The zero-order valence-corrected chi connectivity index (χ0v) is 16.5. The van der Waals surface area contributed by atoms with E-state index in [4.69, 9.17) is 4.74 Å². The third-order valence-electron chi connectivity index (χ3n) is 5.18. The zero-order valence-electron chi connectivity index (χ0n) is 16.5. The van der Waals surface area contributed by atoms with Crippen LogP contribution in [0.3, 0.4) is 0 Å². The molecule has 29 heavy (non-hydrogen) atoms. The molecule has 2 heterocycles. The van der Waals surface area contributed by atoms with Gasteiger partial charge in [-0.3, -0.25) is 4.79 Å². The second-order valence-electron chi connectivity index (χ2n) is 7.43. The average molecular weight is 390 g/mol. The van der Waals surface area contributed by atoms with Gasteiger partial charge in [-0.25, -0.2) is 9.67 Å². The van der Waals surface area contributed by atoms with E-state index >= 15 is 0 Å². The number of ether oxygens (including phenoxy) is 1. The van der Waals surface area contributed by atoms with Gasteiger partial charge in [0, 0.05) is 31.4 Å². The fourth-order valence-corrected chi connectivity index (χ4v) is 3.56. The van der Waals surface area contributed by atoms with E-state index in [1.54, 1.807) is 6.20 Å². The van der Waals surface area contributed by atoms with Crippen molar-refractivity contribution >= 4 is 5.91 Å². The number of aromatic nitrogens is 3. The number of aryl methyl sites for hydroxylation is 1. The molecule has 0 atom stereocenters. The monoisotopic (exact) mass is 390 g/mol. The molecule has 0 saturated heterocycles. The third kappa shape index (κ3) is 5.44. The summed E-state index contributed by atoms with van der Waals surface area (Å²) in [5, 5.41) is 7.35. The molecule has 1 amide bonds. The minimum absolute atomic E-state index is 0.0209. The standard InChI is InChI=1S/C23H26N4O2/c28-22(11-10-19-16-26-27(17-19)20-6-2-1-3-7-20)25-15-18-12-13-24-23(14-18)29-21-8-4-5-9-21/h1-3,6-7,12-14,16-17,21H,4-5,8-11,15H2,(H,25,28). The predicted octanol–water partition coefficient (Wildman–Crippen LogP) is 3.84. The first-order chi connectivity index (χ1) is 14.3. The van der Waals surface area contributed by atoms with E-state index in [2.05, 4.69) is 15.4 Å². The molecule has 1 aliphatic rings. The van der Waals surface area contributed by atoms with Crippen molar-refractivity contribution in [2.45, 2.75) is 51.2 Å². The first-order valence-electron chi connectivity index (χ1n) is 10.2. The summed E-state index contributed by atoms with van der Waals surface area (Å²) in [4.78, 5) is 16.5. The van der Waals surface area contributed by atoms with Crippen molar-refractivity contribution in [2.75, 3.05) is 0 Å². The minimum atomic E-state index is 0.0209. The molecule has 0 unspecified atom stereocenters. The van der Waals surface area contributed by atoms with Crippen molar-refractivity contribution in [3.05, 3.63) is 72.2 Å². The van der Waals surface area contributed by atoms with Crippen LogP contribution >= 0.6 is 0 Å². The molecule has 6 heteroatoms. The number of hydrogen-bond donors (Lipinski definition) is 1. The lowest BCUT2D eigenvalue weighted by Crippen LogP contribution is -2.23. The predicted molar refractivity (Wildman–Crippen MR) is 111 cm³/mol. The number of pyridine rings is 1. The molecule has 1 aliphatic carbocycles. The van der Waals surface area contributed by atoms with Crippen molar-refractivity contribution in [2.24, 2.45) is 0 Å². The zero-order chi connectivity index (χ0) is 19.9. The van der Waals surface area contributed by atoms with Gasteiger partial charge >= 0.3 is 0 Å². The van der Waals surface area contributed by atoms with Crippen molar-refractivity contribution in [1.82, 2.24) is 20.1 Å². The van der Waals surface area contributed by atoms with Gasteiger partial charge in [0.2, 0.25) is 11.8 Å². The molecule has 0 radical (unpaired) electrons. The maximum absolute atomic E-state index is 12.2. The highest BCUT2D eigenvalue weighted by Gasteiger charge is 2.17. The Balaban J connectivity index is 1.24. The summed E-state index contributed by atoms with van der Waals surface area (Å²) >= 11 is 0. The lowest BCUT2D eigenvalue weighted by atomic mass is 10.2. The Morgan fingerprint density at radius 3 is 2.79 bits per heavy atom. The summed E-state index contributed by atoms with van der Waals surface area (Å²) in [6.07, 6.45) is 11.5. The quantitative estimate of drug-likeness (QED) is 0.635. The van der Waals surface area contributed by atoms with Crippen LogP contribution in [0.5, 0.6) is 5.88 Å². The van der Waals surface area contributed by atoms with Gasteiger partial charge in [0.15, 0.2) is 0 Å². The number of nitrogens with zero attached hydrogens (tertiary/aromatic N) is 3. The van der Waals surface area contributed by atoms with Crippen LogP contribution in [0.25, 0.3) is 5.69 Å². The molecule has 6 nitrogen and oxygen atoms in total. The van der Waals surface area contributed by atoms with Crippen LogP contribution in [0.1, 0.15) is 43.2 Å². The maximum atomic E-state index is 12.2. The second kappa shape index (κ2) is 9.37. The first-order valence-corrected chi connectivity index (χ1v) is 10.2. The number of nitrogens with one attached hydrogen (secondary N) is 1. The van der Waals surface area contributed by atoms with Crippen LogP contribution in [0.15, 0.2) is 61.1 Å². The fourth-order valence-electron chi connectivity index (χ4n) is 3.56. The van der Waals surface area contributed by atoms with Crippen LogP contribution in [-0.4, -0.2) is 26.8 Å². The third-order valence-corrected chi connectivity index (χ3v) is 5.18. The Morgan fingerprint density at radius 1 is 1.14 bits per heavy atom. The van der Waals surface area contributed by atoms with Crippen molar-refractivity contribution in [1.29, 1.82) is 0 Å². The molecular formula is C23H26N4O2. The Bertz CT molecular complexity index is 933. The number of hydrogen-bond acceptors (Lipinski definition) is 4. The smallest absolute Gasteiger partial charge is 0.220 e. The Hall–Kier alpha value is -3.15. The van der Waals surface area contributed by atoms with Crippen LogP contribution in [-0.2, 0) is 17.8 Å². The average Bonchev–Trinajstić information content (AvgIpc) is 3.44. The number of amides is 1. The summed E-state index contributed by atoms with van der Waals surface area (Å²) in [7, 11) is 0. The van der Waals surface area contributed by atoms with E-state index in [0.29, 0.717) is 25.3 Å². The highest BCUT2D eigenvalue weighted by atomic mass is 16.5. The lowest BCUT2D eigenvalue weighted by molar-refractivity contribution is -0.121. The van der Waals surface area contributed by atoms with Crippen LogP contribution in [0.4, 0.5) is 0 Å². The van der Waals surface area contributed by atoms with Crippen molar-refractivity contribution in [3.63, 3.8) is 0 Å². The van der Waals surface area contributed by atoms with Gasteiger partial charge in [0.25, 0.3) is 0 Å². The van der Waals surface area contributed by atoms with E-state index in [1.807, 2.05) is 59.5 Å². The molecule has 1 N–H and O–H groups in total. The highest BCUT2D eigenvalue weighted by molar-refractivity contribution is 5.76. The molecule has 150 valence electrons. The Kier molecular flexibility index (Phi) is 6.19. The van der Waals surface area contributed by atoms with Crippen LogP contribution < -0.4 is 10.1 Å². The minimum Gasteiger partial charge on any atom is -0.474 e. The number of benzene rings is 1. The lowest BCUT2D eigenvalue weighted by Gasteiger charge is -2.13. The van der Waals surface area contributed by atoms with Crippen LogP contribution in [0, 0.1) is 0 Å². The maximum Gasteiger partial charge on any atom is 0.220 e. The van der Waals surface area contributed by atoms with E-state index < -0.39 is 0 Å². The molecule has 4 rings (SSSR count). The van der Waals surface area contributed by atoms with Gasteiger partial charge in [-0.2, -0.15) is 5.10 Å². The second-order valence-corrected chi connectivity index (χ2v) is 7.43. The number of rotatable bonds is 8. The molecule has 0 bridgehead atoms. The molecular weight excluding hydrogens is 364 g/mol. The molecule has 1 fully saturated rings. The fraction of sp³-hybridized carbons (Fsp3) is 0.348.